The Morgan fingerprint density at radius 2 is 2.09 bits per heavy atom. The van der Waals surface area contributed by atoms with E-state index in [1.165, 1.54) is 11.8 Å². The van der Waals surface area contributed by atoms with Gasteiger partial charge in [0.25, 0.3) is 0 Å². The van der Waals surface area contributed by atoms with Crippen LogP contribution in [0.15, 0.2) is 29.4 Å². The molecule has 0 spiro atoms. The maximum Gasteiger partial charge on any atom is 0.245 e. The number of halogens is 1. The monoisotopic (exact) mass is 352 g/mol. The molecule has 0 fully saturated rings. The van der Waals surface area contributed by atoms with E-state index >= 15 is 0 Å². The van der Waals surface area contributed by atoms with Crippen LogP contribution in [0.1, 0.15) is 24.7 Å². The fourth-order valence-electron chi connectivity index (χ4n) is 2.29. The molecular formula is C16H21ClN4OS. The van der Waals surface area contributed by atoms with Gasteiger partial charge in [0.15, 0.2) is 11.0 Å². The van der Waals surface area contributed by atoms with Crippen molar-refractivity contribution in [3.63, 3.8) is 0 Å². The third-order valence-corrected chi connectivity index (χ3v) is 4.92. The van der Waals surface area contributed by atoms with E-state index in [-0.39, 0.29) is 5.91 Å². The molecule has 23 heavy (non-hydrogen) atoms. The first-order valence-electron chi connectivity index (χ1n) is 7.42. The largest absolute Gasteiger partial charge is 0.308 e. The zero-order chi connectivity index (χ0) is 17.0. The van der Waals surface area contributed by atoms with Gasteiger partial charge in [-0.3, -0.25) is 4.79 Å². The van der Waals surface area contributed by atoms with Crippen molar-refractivity contribution in [2.24, 2.45) is 7.05 Å². The second-order valence-corrected chi connectivity index (χ2v) is 6.55. The third-order valence-electron chi connectivity index (χ3n) is 3.71. The lowest BCUT2D eigenvalue weighted by Crippen LogP contribution is -2.37. The number of carbonyl (C=O) groups is 1. The van der Waals surface area contributed by atoms with Crippen molar-refractivity contribution in [2.45, 2.75) is 37.3 Å². The maximum atomic E-state index is 12.8. The molecule has 2 aromatic rings. The lowest BCUT2D eigenvalue weighted by Gasteiger charge is -2.26. The van der Waals surface area contributed by atoms with Gasteiger partial charge in [0.1, 0.15) is 5.38 Å². The molecule has 7 heteroatoms. The zero-order valence-corrected chi connectivity index (χ0v) is 15.4. The molecule has 0 aliphatic heterocycles. The van der Waals surface area contributed by atoms with Gasteiger partial charge in [-0.15, -0.1) is 21.8 Å². The van der Waals surface area contributed by atoms with E-state index in [1.807, 2.05) is 56.0 Å². The standard InChI is InChI=1S/C16H21ClN4OS/c1-5-12(17)15(22)21(13-9-7-6-8-11(13)2)10-14-18-19-16(23-4)20(14)3/h6-9,12H,5,10H2,1-4H3. The summed E-state index contributed by atoms with van der Waals surface area (Å²) in [4.78, 5) is 14.4. The summed E-state index contributed by atoms with van der Waals surface area (Å²) in [5, 5.41) is 8.60. The van der Waals surface area contributed by atoms with Crippen LogP contribution in [0.3, 0.4) is 0 Å². The number of carbonyl (C=O) groups excluding carboxylic acids is 1. The number of nitrogens with zero attached hydrogens (tertiary/aromatic N) is 4. The van der Waals surface area contributed by atoms with Crippen molar-refractivity contribution in [1.82, 2.24) is 14.8 Å². The summed E-state index contributed by atoms with van der Waals surface area (Å²) >= 11 is 7.73. The number of para-hydroxylation sites is 1. The Morgan fingerprint density at radius 1 is 1.39 bits per heavy atom. The number of rotatable bonds is 6. The summed E-state index contributed by atoms with van der Waals surface area (Å²) in [5.41, 5.74) is 1.87. The number of amides is 1. The van der Waals surface area contributed by atoms with Gasteiger partial charge in [0, 0.05) is 12.7 Å². The van der Waals surface area contributed by atoms with Gasteiger partial charge >= 0.3 is 0 Å². The van der Waals surface area contributed by atoms with Crippen LogP contribution in [0.4, 0.5) is 5.69 Å². The van der Waals surface area contributed by atoms with Crippen LogP contribution < -0.4 is 4.90 Å². The molecule has 1 atom stereocenters. The minimum atomic E-state index is -0.553. The average molecular weight is 353 g/mol. The molecule has 1 aromatic heterocycles. The van der Waals surface area contributed by atoms with E-state index in [0.29, 0.717) is 13.0 Å². The lowest BCUT2D eigenvalue weighted by molar-refractivity contribution is -0.118. The SMILES string of the molecule is CCC(Cl)C(=O)N(Cc1nnc(SC)n1C)c1ccccc1C. The predicted molar refractivity (Wildman–Crippen MR) is 95.1 cm³/mol. The fraction of sp³-hybridized carbons (Fsp3) is 0.438. The van der Waals surface area contributed by atoms with Crippen molar-refractivity contribution in [3.8, 4) is 0 Å². The Hall–Kier alpha value is -1.53. The molecule has 0 N–H and O–H groups in total. The fourth-order valence-corrected chi connectivity index (χ4v) is 2.91. The quantitative estimate of drug-likeness (QED) is 0.590. The van der Waals surface area contributed by atoms with Gasteiger partial charge in [0.2, 0.25) is 5.91 Å². The maximum absolute atomic E-state index is 12.8. The van der Waals surface area contributed by atoms with Gasteiger partial charge in [-0.2, -0.15) is 0 Å². The third kappa shape index (κ3) is 3.87. The van der Waals surface area contributed by atoms with E-state index in [1.54, 1.807) is 4.90 Å². The van der Waals surface area contributed by atoms with Crippen molar-refractivity contribution in [3.05, 3.63) is 35.7 Å². The molecule has 0 radical (unpaired) electrons. The van der Waals surface area contributed by atoms with E-state index in [0.717, 1.165) is 22.2 Å². The van der Waals surface area contributed by atoms with Gasteiger partial charge in [0.05, 0.1) is 6.54 Å². The number of alkyl halides is 1. The summed E-state index contributed by atoms with van der Waals surface area (Å²) in [6.07, 6.45) is 2.53. The average Bonchev–Trinajstić information content (AvgIpc) is 2.92. The summed E-state index contributed by atoms with van der Waals surface area (Å²) in [6.45, 7) is 4.23. The van der Waals surface area contributed by atoms with Crippen LogP contribution >= 0.6 is 23.4 Å². The van der Waals surface area contributed by atoms with E-state index in [9.17, 15) is 4.79 Å². The number of hydrogen-bond acceptors (Lipinski definition) is 4. The molecule has 1 amide bonds. The van der Waals surface area contributed by atoms with Crippen molar-refractivity contribution < 1.29 is 4.79 Å². The smallest absolute Gasteiger partial charge is 0.245 e. The topological polar surface area (TPSA) is 51.0 Å². The number of benzene rings is 1. The molecular weight excluding hydrogens is 332 g/mol. The molecule has 1 heterocycles. The van der Waals surface area contributed by atoms with Crippen LogP contribution in [0, 0.1) is 6.92 Å². The highest BCUT2D eigenvalue weighted by atomic mass is 35.5. The molecule has 124 valence electrons. The zero-order valence-electron chi connectivity index (χ0n) is 13.8. The van der Waals surface area contributed by atoms with Crippen LogP contribution in [0.25, 0.3) is 0 Å². The summed E-state index contributed by atoms with van der Waals surface area (Å²) in [6, 6.07) is 7.78. The Bertz CT molecular complexity index is 688. The molecule has 0 aliphatic rings. The Morgan fingerprint density at radius 3 is 2.65 bits per heavy atom. The molecule has 1 unspecified atom stereocenters. The molecule has 0 bridgehead atoms. The minimum absolute atomic E-state index is 0.114. The molecule has 0 aliphatic carbocycles. The van der Waals surface area contributed by atoms with Crippen LogP contribution in [0.5, 0.6) is 0 Å². The van der Waals surface area contributed by atoms with Gasteiger partial charge in [-0.05, 0) is 31.2 Å². The van der Waals surface area contributed by atoms with Crippen molar-refractivity contribution in [2.75, 3.05) is 11.2 Å². The van der Waals surface area contributed by atoms with E-state index in [4.69, 9.17) is 11.6 Å². The Kier molecular flexibility index (Phi) is 6.07. The van der Waals surface area contributed by atoms with E-state index < -0.39 is 5.38 Å². The summed E-state index contributed by atoms with van der Waals surface area (Å²) < 4.78 is 1.90. The molecule has 2 rings (SSSR count). The number of aromatic nitrogens is 3. The van der Waals surface area contributed by atoms with Crippen LogP contribution in [0.2, 0.25) is 0 Å². The minimum Gasteiger partial charge on any atom is -0.308 e. The Labute approximate surface area is 146 Å². The van der Waals surface area contributed by atoms with Gasteiger partial charge < -0.3 is 9.47 Å². The molecule has 5 nitrogen and oxygen atoms in total. The molecule has 0 saturated heterocycles. The van der Waals surface area contributed by atoms with Crippen molar-refractivity contribution in [1.29, 1.82) is 0 Å². The highest BCUT2D eigenvalue weighted by molar-refractivity contribution is 7.98. The first-order chi connectivity index (χ1) is 11.0. The second-order valence-electron chi connectivity index (χ2n) is 5.25. The lowest BCUT2D eigenvalue weighted by atomic mass is 10.1. The second kappa shape index (κ2) is 7.84. The highest BCUT2D eigenvalue weighted by Crippen LogP contribution is 2.24. The van der Waals surface area contributed by atoms with Crippen molar-refractivity contribution >= 4 is 35.0 Å². The van der Waals surface area contributed by atoms with Gasteiger partial charge in [-0.25, -0.2) is 0 Å². The summed E-state index contributed by atoms with van der Waals surface area (Å²) in [7, 11) is 1.90. The predicted octanol–water partition coefficient (Wildman–Crippen LogP) is 3.40. The summed E-state index contributed by atoms with van der Waals surface area (Å²) in [5.74, 6) is 0.614. The van der Waals surface area contributed by atoms with Gasteiger partial charge in [-0.1, -0.05) is 36.9 Å². The number of aryl methyl sites for hydroxylation is 1. The normalized spacial score (nSPS) is 12.2. The van der Waals surface area contributed by atoms with Crippen LogP contribution in [-0.4, -0.2) is 32.3 Å². The number of thioether (sulfide) groups is 1. The first kappa shape index (κ1) is 17.8. The highest BCUT2D eigenvalue weighted by Gasteiger charge is 2.25. The van der Waals surface area contributed by atoms with Crippen LogP contribution in [-0.2, 0) is 18.4 Å². The number of anilines is 1. The van der Waals surface area contributed by atoms with E-state index in [2.05, 4.69) is 10.2 Å². The number of hydrogen-bond donors (Lipinski definition) is 0. The molecule has 0 saturated carbocycles. The Balaban J connectivity index is 2.39. The first-order valence-corrected chi connectivity index (χ1v) is 9.09. The molecule has 1 aromatic carbocycles.